The number of carbonyl (C=O) groups excluding carboxylic acids is 1. The van der Waals surface area contributed by atoms with Crippen LogP contribution in [0, 0.1) is 5.92 Å². The fourth-order valence-electron chi connectivity index (χ4n) is 2.18. The number of aryl methyl sites for hydroxylation is 1. The Morgan fingerprint density at radius 3 is 2.76 bits per heavy atom. The Labute approximate surface area is 107 Å². The fraction of sp³-hybridized carbons (Fsp3) is 0.667. The smallest absolute Gasteiger partial charge is 0.273 e. The topological polar surface area (TPSA) is 38.1 Å². The van der Waals surface area contributed by atoms with E-state index in [2.05, 4.69) is 12.0 Å². The maximum absolute atomic E-state index is 12.3. The minimum atomic E-state index is 0.0150. The van der Waals surface area contributed by atoms with Gasteiger partial charge in [0.15, 0.2) is 0 Å². The zero-order valence-corrected chi connectivity index (χ0v) is 11.1. The molecule has 1 fully saturated rings. The minimum absolute atomic E-state index is 0.0150. The van der Waals surface area contributed by atoms with Gasteiger partial charge in [-0.1, -0.05) is 18.5 Å². The van der Waals surface area contributed by atoms with Gasteiger partial charge in [0.05, 0.1) is 11.2 Å². The molecule has 1 aromatic rings. The summed E-state index contributed by atoms with van der Waals surface area (Å²) in [5, 5.41) is 4.56. The molecule has 2 heterocycles. The molecule has 0 aromatic carbocycles. The van der Waals surface area contributed by atoms with Crippen molar-refractivity contribution < 1.29 is 4.79 Å². The van der Waals surface area contributed by atoms with Crippen molar-refractivity contribution in [2.75, 3.05) is 13.1 Å². The number of likely N-dealkylation sites (tertiary alicyclic amines) is 1. The number of hydrogen-bond donors (Lipinski definition) is 0. The normalized spacial score (nSPS) is 17.5. The van der Waals surface area contributed by atoms with Gasteiger partial charge >= 0.3 is 0 Å². The molecular formula is C12H18ClN3O. The maximum Gasteiger partial charge on any atom is 0.273 e. The summed E-state index contributed by atoms with van der Waals surface area (Å²) in [6.45, 7) is 6.50. The number of nitrogens with zero attached hydrogens (tertiary/aromatic N) is 3. The summed E-state index contributed by atoms with van der Waals surface area (Å²) in [5.74, 6) is 0.729. The molecule has 0 radical (unpaired) electrons. The zero-order valence-electron chi connectivity index (χ0n) is 10.3. The lowest BCUT2D eigenvalue weighted by atomic mass is 9.99. The van der Waals surface area contributed by atoms with Crippen LogP contribution in [0.5, 0.6) is 0 Å². The summed E-state index contributed by atoms with van der Waals surface area (Å²) < 4.78 is 1.67. The van der Waals surface area contributed by atoms with Crippen molar-refractivity contribution in [3.63, 3.8) is 0 Å². The van der Waals surface area contributed by atoms with E-state index < -0.39 is 0 Å². The van der Waals surface area contributed by atoms with Crippen LogP contribution in [0.3, 0.4) is 0 Å². The fourth-order valence-corrected chi connectivity index (χ4v) is 2.40. The van der Waals surface area contributed by atoms with Crippen LogP contribution in [0.4, 0.5) is 0 Å². The van der Waals surface area contributed by atoms with Gasteiger partial charge in [0.25, 0.3) is 5.91 Å². The molecule has 1 amide bonds. The van der Waals surface area contributed by atoms with Crippen LogP contribution < -0.4 is 0 Å². The minimum Gasteiger partial charge on any atom is -0.337 e. The average molecular weight is 256 g/mol. The maximum atomic E-state index is 12.3. The number of rotatable bonds is 2. The first-order valence-corrected chi connectivity index (χ1v) is 6.51. The third kappa shape index (κ3) is 2.46. The first-order valence-electron chi connectivity index (χ1n) is 6.14. The first-order chi connectivity index (χ1) is 8.13. The number of piperidine rings is 1. The van der Waals surface area contributed by atoms with Gasteiger partial charge in [-0.2, -0.15) is 5.10 Å². The Morgan fingerprint density at radius 2 is 2.18 bits per heavy atom. The van der Waals surface area contributed by atoms with Gasteiger partial charge in [-0.25, -0.2) is 0 Å². The van der Waals surface area contributed by atoms with Gasteiger partial charge in [0.2, 0.25) is 0 Å². The lowest BCUT2D eigenvalue weighted by Gasteiger charge is -2.30. The second-order valence-corrected chi connectivity index (χ2v) is 5.04. The average Bonchev–Trinajstić information content (AvgIpc) is 2.70. The second-order valence-electron chi connectivity index (χ2n) is 4.63. The van der Waals surface area contributed by atoms with E-state index in [1.807, 2.05) is 11.8 Å². The van der Waals surface area contributed by atoms with Crippen LogP contribution in [-0.4, -0.2) is 33.7 Å². The highest BCUT2D eigenvalue weighted by molar-refractivity contribution is 6.33. The Hall–Kier alpha value is -1.03. The summed E-state index contributed by atoms with van der Waals surface area (Å²) in [5.41, 5.74) is 0.531. The number of aromatic nitrogens is 2. The standard InChI is InChI=1S/C12H18ClN3O/c1-3-16-11(10(13)8-14-16)12(17)15-6-4-9(2)5-7-15/h8-9H,3-7H2,1-2H3. The number of halogens is 1. The van der Waals surface area contributed by atoms with E-state index >= 15 is 0 Å². The van der Waals surface area contributed by atoms with Gasteiger partial charge < -0.3 is 4.90 Å². The quantitative estimate of drug-likeness (QED) is 0.814. The van der Waals surface area contributed by atoms with Crippen LogP contribution in [-0.2, 0) is 6.54 Å². The number of carbonyl (C=O) groups is 1. The molecule has 1 saturated heterocycles. The Kier molecular flexibility index (Phi) is 3.72. The largest absolute Gasteiger partial charge is 0.337 e. The van der Waals surface area contributed by atoms with E-state index in [9.17, 15) is 4.79 Å². The van der Waals surface area contributed by atoms with Crippen molar-refractivity contribution in [1.29, 1.82) is 0 Å². The highest BCUT2D eigenvalue weighted by atomic mass is 35.5. The van der Waals surface area contributed by atoms with Crippen molar-refractivity contribution in [1.82, 2.24) is 14.7 Å². The van der Waals surface area contributed by atoms with E-state index in [1.54, 1.807) is 10.9 Å². The Morgan fingerprint density at radius 1 is 1.53 bits per heavy atom. The van der Waals surface area contributed by atoms with Crippen LogP contribution in [0.1, 0.15) is 37.2 Å². The Bertz CT molecular complexity index is 408. The third-order valence-electron chi connectivity index (χ3n) is 3.37. The van der Waals surface area contributed by atoms with Crippen molar-refractivity contribution in [3.8, 4) is 0 Å². The molecule has 1 aliphatic heterocycles. The molecule has 1 aliphatic rings. The zero-order chi connectivity index (χ0) is 12.4. The summed E-state index contributed by atoms with van der Waals surface area (Å²) in [6.07, 6.45) is 3.69. The molecule has 5 heteroatoms. The van der Waals surface area contributed by atoms with Crippen LogP contribution in [0.15, 0.2) is 6.20 Å². The number of hydrogen-bond acceptors (Lipinski definition) is 2. The highest BCUT2D eigenvalue weighted by Gasteiger charge is 2.25. The number of amides is 1. The van der Waals surface area contributed by atoms with Crippen molar-refractivity contribution in [2.24, 2.45) is 5.92 Å². The van der Waals surface area contributed by atoms with Crippen LogP contribution in [0.2, 0.25) is 5.02 Å². The van der Waals surface area contributed by atoms with Crippen LogP contribution in [0.25, 0.3) is 0 Å². The predicted molar refractivity (Wildman–Crippen MR) is 67.2 cm³/mol. The van der Waals surface area contributed by atoms with Crippen molar-refractivity contribution in [3.05, 3.63) is 16.9 Å². The summed E-state index contributed by atoms with van der Waals surface area (Å²) in [6, 6.07) is 0. The van der Waals surface area contributed by atoms with E-state index in [1.165, 1.54) is 0 Å². The van der Waals surface area contributed by atoms with E-state index in [-0.39, 0.29) is 5.91 Å². The summed E-state index contributed by atoms with van der Waals surface area (Å²) >= 11 is 6.04. The SMILES string of the molecule is CCn1ncc(Cl)c1C(=O)N1CCC(C)CC1. The molecule has 0 unspecified atom stereocenters. The summed E-state index contributed by atoms with van der Waals surface area (Å²) in [7, 11) is 0. The molecule has 0 bridgehead atoms. The molecule has 2 rings (SSSR count). The lowest BCUT2D eigenvalue weighted by molar-refractivity contribution is 0.0685. The van der Waals surface area contributed by atoms with E-state index in [4.69, 9.17) is 11.6 Å². The molecule has 0 spiro atoms. The molecule has 0 aliphatic carbocycles. The third-order valence-corrected chi connectivity index (χ3v) is 3.64. The monoisotopic (exact) mass is 255 g/mol. The highest BCUT2D eigenvalue weighted by Crippen LogP contribution is 2.21. The predicted octanol–water partition coefficient (Wildman–Crippen LogP) is 2.43. The Balaban J connectivity index is 2.16. The van der Waals surface area contributed by atoms with Crippen LogP contribution >= 0.6 is 11.6 Å². The van der Waals surface area contributed by atoms with E-state index in [0.717, 1.165) is 25.9 Å². The van der Waals surface area contributed by atoms with Gasteiger partial charge in [-0.3, -0.25) is 9.48 Å². The molecular weight excluding hydrogens is 238 g/mol. The molecule has 0 atom stereocenters. The van der Waals surface area contributed by atoms with Gasteiger partial charge in [-0.15, -0.1) is 0 Å². The van der Waals surface area contributed by atoms with Gasteiger partial charge in [0, 0.05) is 19.6 Å². The molecule has 4 nitrogen and oxygen atoms in total. The molecule has 94 valence electrons. The van der Waals surface area contributed by atoms with Crippen molar-refractivity contribution >= 4 is 17.5 Å². The molecule has 17 heavy (non-hydrogen) atoms. The molecule has 0 saturated carbocycles. The van der Waals surface area contributed by atoms with Gasteiger partial charge in [-0.05, 0) is 25.7 Å². The van der Waals surface area contributed by atoms with Gasteiger partial charge in [0.1, 0.15) is 5.69 Å². The first kappa shape index (κ1) is 12.4. The molecule has 1 aromatic heterocycles. The van der Waals surface area contributed by atoms with Crippen molar-refractivity contribution in [2.45, 2.75) is 33.2 Å². The molecule has 0 N–H and O–H groups in total. The summed E-state index contributed by atoms with van der Waals surface area (Å²) in [4.78, 5) is 14.2. The van der Waals surface area contributed by atoms with E-state index in [0.29, 0.717) is 23.2 Å². The lowest BCUT2D eigenvalue weighted by Crippen LogP contribution is -2.39. The second kappa shape index (κ2) is 5.08.